The Morgan fingerprint density at radius 2 is 1.80 bits per heavy atom. The van der Waals surface area contributed by atoms with Crippen molar-refractivity contribution in [3.05, 3.63) is 60.2 Å². The van der Waals surface area contributed by atoms with Crippen LogP contribution < -0.4 is 16.1 Å². The Labute approximate surface area is 116 Å². The van der Waals surface area contributed by atoms with Crippen LogP contribution in [0.4, 0.5) is 0 Å². The van der Waals surface area contributed by atoms with Crippen LogP contribution in [0.1, 0.15) is 11.1 Å². The van der Waals surface area contributed by atoms with Crippen LogP contribution in [-0.4, -0.2) is 23.4 Å². The summed E-state index contributed by atoms with van der Waals surface area (Å²) in [7, 11) is 0. The Balaban J connectivity index is 1.86. The number of nitrogens with one attached hydrogen (secondary N) is 2. The van der Waals surface area contributed by atoms with Gasteiger partial charge in [0, 0.05) is 30.1 Å². The predicted octanol–water partition coefficient (Wildman–Crippen LogP) is 0.168. The number of H-pyrrole nitrogens is 1. The second kappa shape index (κ2) is 7.37. The highest BCUT2D eigenvalue weighted by atomic mass is 15.4. The van der Waals surface area contributed by atoms with E-state index in [1.807, 2.05) is 24.3 Å². The Bertz CT molecular complexity index is 605. The zero-order valence-electron chi connectivity index (χ0n) is 10.6. The summed E-state index contributed by atoms with van der Waals surface area (Å²) in [5, 5.41) is 11.5. The molecule has 2 heterocycles. The van der Waals surface area contributed by atoms with E-state index >= 15 is 0 Å². The zero-order chi connectivity index (χ0) is 14.0. The van der Waals surface area contributed by atoms with Crippen LogP contribution in [0, 0.1) is 0 Å². The largest absolute Gasteiger partial charge is 0.367 e. The molecule has 0 unspecified atom stereocenters. The average molecular weight is 268 g/mol. The SMILES string of the molecule is NC(=N/N=C\c1cc[nH+]cc1)N/N=C/c1ccncc1. The summed E-state index contributed by atoms with van der Waals surface area (Å²) in [5.74, 6) is 0.106. The molecule has 0 aromatic carbocycles. The van der Waals surface area contributed by atoms with Crippen LogP contribution >= 0.6 is 0 Å². The van der Waals surface area contributed by atoms with Crippen molar-refractivity contribution >= 4 is 18.4 Å². The smallest absolute Gasteiger partial charge is 0.234 e. The number of hydrogen-bond acceptors (Lipinski definition) is 4. The lowest BCUT2D eigenvalue weighted by atomic mass is 10.3. The molecule has 2 rings (SSSR count). The summed E-state index contributed by atoms with van der Waals surface area (Å²) in [4.78, 5) is 6.82. The van der Waals surface area contributed by atoms with Gasteiger partial charge in [0.15, 0.2) is 12.4 Å². The fraction of sp³-hybridized carbons (Fsp3) is 0. The quantitative estimate of drug-likeness (QED) is 0.469. The van der Waals surface area contributed by atoms with Gasteiger partial charge in [-0.25, -0.2) is 10.4 Å². The van der Waals surface area contributed by atoms with Crippen molar-refractivity contribution in [1.29, 1.82) is 0 Å². The number of pyridine rings is 2. The lowest BCUT2D eigenvalue weighted by molar-refractivity contribution is -0.378. The van der Waals surface area contributed by atoms with E-state index in [9.17, 15) is 0 Å². The molecule has 0 amide bonds. The number of rotatable bonds is 4. The Morgan fingerprint density at radius 3 is 2.55 bits per heavy atom. The van der Waals surface area contributed by atoms with Crippen LogP contribution in [0.5, 0.6) is 0 Å². The van der Waals surface area contributed by atoms with Gasteiger partial charge in [0.05, 0.1) is 12.4 Å². The minimum absolute atomic E-state index is 0.106. The van der Waals surface area contributed by atoms with Gasteiger partial charge in [-0.05, 0) is 17.7 Å². The molecule has 0 bridgehead atoms. The topological polar surface area (TPSA) is 102 Å². The first-order chi connectivity index (χ1) is 9.84. The minimum Gasteiger partial charge on any atom is -0.367 e. The lowest BCUT2D eigenvalue weighted by Gasteiger charge is -1.95. The third-order valence-corrected chi connectivity index (χ3v) is 2.22. The highest BCUT2D eigenvalue weighted by Crippen LogP contribution is 1.90. The van der Waals surface area contributed by atoms with Crippen LogP contribution in [0.2, 0.25) is 0 Å². The maximum absolute atomic E-state index is 5.59. The van der Waals surface area contributed by atoms with Gasteiger partial charge in [-0.3, -0.25) is 4.98 Å². The number of nitrogens with two attached hydrogens (primary N) is 1. The highest BCUT2D eigenvalue weighted by molar-refractivity contribution is 5.84. The molecule has 0 saturated heterocycles. The molecule has 2 aromatic heterocycles. The monoisotopic (exact) mass is 268 g/mol. The first kappa shape index (κ1) is 13.3. The Morgan fingerprint density at radius 1 is 1.10 bits per heavy atom. The average Bonchev–Trinajstić information content (AvgIpc) is 2.49. The number of aromatic amines is 1. The van der Waals surface area contributed by atoms with Crippen molar-refractivity contribution < 1.29 is 4.98 Å². The molecule has 100 valence electrons. The van der Waals surface area contributed by atoms with Gasteiger partial charge in [-0.1, -0.05) is 0 Å². The summed E-state index contributed by atoms with van der Waals surface area (Å²) in [6, 6.07) is 7.38. The van der Waals surface area contributed by atoms with E-state index in [2.05, 4.69) is 30.7 Å². The van der Waals surface area contributed by atoms with Gasteiger partial charge in [-0.2, -0.15) is 10.2 Å². The predicted molar refractivity (Wildman–Crippen MR) is 77.2 cm³/mol. The number of hydrogen-bond donors (Lipinski definition) is 2. The van der Waals surface area contributed by atoms with E-state index in [0.717, 1.165) is 11.1 Å². The molecule has 0 aliphatic heterocycles. The summed E-state index contributed by atoms with van der Waals surface area (Å²) < 4.78 is 0. The molecule has 4 N–H and O–H groups in total. The lowest BCUT2D eigenvalue weighted by Crippen LogP contribution is -2.26. The molecular weight excluding hydrogens is 254 g/mol. The van der Waals surface area contributed by atoms with Gasteiger partial charge < -0.3 is 5.73 Å². The van der Waals surface area contributed by atoms with Crippen molar-refractivity contribution in [2.45, 2.75) is 0 Å². The Hall–Kier alpha value is -3.09. The molecule has 20 heavy (non-hydrogen) atoms. The highest BCUT2D eigenvalue weighted by Gasteiger charge is 1.89. The fourth-order valence-electron chi connectivity index (χ4n) is 1.29. The standard InChI is InChI=1S/C13H13N7/c14-13(19-17-9-11-1-5-15-6-2-11)20-18-10-12-3-7-16-8-4-12/h1-10H,(H3,14,19,20)/p+1/b17-9-,18-10+. The van der Waals surface area contributed by atoms with E-state index in [4.69, 9.17) is 5.73 Å². The molecule has 7 heteroatoms. The van der Waals surface area contributed by atoms with Gasteiger partial charge in [0.1, 0.15) is 0 Å². The van der Waals surface area contributed by atoms with Crippen LogP contribution in [0.15, 0.2) is 64.4 Å². The normalized spacial score (nSPS) is 12.1. The van der Waals surface area contributed by atoms with Gasteiger partial charge >= 0.3 is 0 Å². The second-order valence-electron chi connectivity index (χ2n) is 3.71. The summed E-state index contributed by atoms with van der Waals surface area (Å²) >= 11 is 0. The van der Waals surface area contributed by atoms with Crippen molar-refractivity contribution in [3.8, 4) is 0 Å². The zero-order valence-corrected chi connectivity index (χ0v) is 10.6. The molecule has 0 radical (unpaired) electrons. The molecule has 0 spiro atoms. The third-order valence-electron chi connectivity index (χ3n) is 2.22. The van der Waals surface area contributed by atoms with E-state index in [1.54, 1.807) is 37.2 Å². The molecule has 0 aliphatic carbocycles. The molecular formula is C13H14N7+. The molecule has 2 aromatic rings. The number of aromatic nitrogens is 2. The molecule has 0 saturated carbocycles. The molecule has 0 atom stereocenters. The van der Waals surface area contributed by atoms with Crippen molar-refractivity contribution in [3.63, 3.8) is 0 Å². The summed E-state index contributed by atoms with van der Waals surface area (Å²) in [6.07, 6.45) is 10.2. The van der Waals surface area contributed by atoms with Crippen molar-refractivity contribution in [2.24, 2.45) is 21.0 Å². The number of hydrazone groups is 1. The van der Waals surface area contributed by atoms with Gasteiger partial charge in [-0.15, -0.1) is 5.10 Å². The van der Waals surface area contributed by atoms with E-state index < -0.39 is 0 Å². The summed E-state index contributed by atoms with van der Waals surface area (Å²) in [5.41, 5.74) is 9.99. The molecule has 0 fully saturated rings. The molecule has 0 aliphatic rings. The number of guanidine groups is 1. The maximum atomic E-state index is 5.59. The van der Waals surface area contributed by atoms with E-state index in [0.29, 0.717) is 0 Å². The second-order valence-corrected chi connectivity index (χ2v) is 3.71. The van der Waals surface area contributed by atoms with E-state index in [1.165, 1.54) is 0 Å². The first-order valence-corrected chi connectivity index (χ1v) is 5.86. The van der Waals surface area contributed by atoms with Gasteiger partial charge in [0.25, 0.3) is 0 Å². The third kappa shape index (κ3) is 4.65. The minimum atomic E-state index is 0.106. The summed E-state index contributed by atoms with van der Waals surface area (Å²) in [6.45, 7) is 0. The fourth-order valence-corrected chi connectivity index (χ4v) is 1.29. The van der Waals surface area contributed by atoms with Crippen LogP contribution in [0.25, 0.3) is 0 Å². The van der Waals surface area contributed by atoms with E-state index in [-0.39, 0.29) is 5.96 Å². The number of nitrogens with zero attached hydrogens (tertiary/aromatic N) is 4. The maximum Gasteiger partial charge on any atom is 0.234 e. The Kier molecular flexibility index (Phi) is 4.92. The first-order valence-electron chi connectivity index (χ1n) is 5.86. The van der Waals surface area contributed by atoms with Crippen LogP contribution in [0.3, 0.4) is 0 Å². The van der Waals surface area contributed by atoms with Crippen LogP contribution in [-0.2, 0) is 0 Å². The van der Waals surface area contributed by atoms with Crippen molar-refractivity contribution in [1.82, 2.24) is 10.4 Å². The molecule has 7 nitrogen and oxygen atoms in total. The van der Waals surface area contributed by atoms with Crippen molar-refractivity contribution in [2.75, 3.05) is 0 Å². The van der Waals surface area contributed by atoms with Gasteiger partial charge in [0.2, 0.25) is 5.96 Å².